The van der Waals surface area contributed by atoms with Crippen molar-refractivity contribution in [3.05, 3.63) is 58.8 Å². The maximum absolute atomic E-state index is 13.5. The van der Waals surface area contributed by atoms with Crippen molar-refractivity contribution in [1.82, 2.24) is 5.32 Å². The van der Waals surface area contributed by atoms with E-state index in [0.29, 0.717) is 17.5 Å². The molecule has 0 saturated heterocycles. The lowest BCUT2D eigenvalue weighted by atomic mass is 10.1. The van der Waals surface area contributed by atoms with Crippen LogP contribution in [-0.2, 0) is 17.6 Å². The van der Waals surface area contributed by atoms with Crippen molar-refractivity contribution >= 4 is 11.9 Å². The number of rotatable bonds is 6. The second-order valence-corrected chi connectivity index (χ2v) is 4.88. The molecule has 22 heavy (non-hydrogen) atoms. The number of furan rings is 1. The molecule has 0 aliphatic carbocycles. The summed E-state index contributed by atoms with van der Waals surface area (Å²) in [4.78, 5) is 22.9. The van der Waals surface area contributed by atoms with Crippen LogP contribution < -0.4 is 5.32 Å². The Morgan fingerprint density at radius 1 is 1.32 bits per heavy atom. The zero-order valence-corrected chi connectivity index (χ0v) is 12.1. The molecule has 0 bridgehead atoms. The van der Waals surface area contributed by atoms with Crippen LogP contribution in [0.2, 0.25) is 0 Å². The Kier molecular flexibility index (Phi) is 4.93. The van der Waals surface area contributed by atoms with Gasteiger partial charge in [-0.3, -0.25) is 9.59 Å². The highest BCUT2D eigenvalue weighted by molar-refractivity contribution is 5.97. The summed E-state index contributed by atoms with van der Waals surface area (Å²) < 4.78 is 18.6. The van der Waals surface area contributed by atoms with Gasteiger partial charge in [-0.25, -0.2) is 4.39 Å². The summed E-state index contributed by atoms with van der Waals surface area (Å²) in [7, 11) is 0. The standard InChI is InChI=1S/C16H16FNO4/c1-10-9-22-13(8-14(19)20)15(10)16(21)18-7-6-11-4-2-3-5-12(11)17/h2-5,9H,6-8H2,1H3,(H,18,21)(H,19,20). The van der Waals surface area contributed by atoms with Crippen molar-refractivity contribution in [2.75, 3.05) is 6.54 Å². The van der Waals surface area contributed by atoms with E-state index >= 15 is 0 Å². The van der Waals surface area contributed by atoms with Crippen LogP contribution in [0.15, 0.2) is 34.9 Å². The molecule has 0 atom stereocenters. The number of aliphatic carboxylic acids is 1. The molecule has 2 N–H and O–H groups in total. The van der Waals surface area contributed by atoms with Crippen LogP contribution in [0.1, 0.15) is 27.2 Å². The Balaban J connectivity index is 1.99. The molecule has 1 amide bonds. The molecule has 0 saturated carbocycles. The number of benzene rings is 1. The second-order valence-electron chi connectivity index (χ2n) is 4.88. The average molecular weight is 305 g/mol. The molecule has 1 heterocycles. The van der Waals surface area contributed by atoms with Gasteiger partial charge in [-0.15, -0.1) is 0 Å². The molecule has 0 spiro atoms. The summed E-state index contributed by atoms with van der Waals surface area (Å²) in [6, 6.07) is 6.35. The number of carbonyl (C=O) groups excluding carboxylic acids is 1. The molecular formula is C16H16FNO4. The molecule has 116 valence electrons. The third-order valence-corrected chi connectivity index (χ3v) is 3.23. The lowest BCUT2D eigenvalue weighted by molar-refractivity contribution is -0.136. The topological polar surface area (TPSA) is 79.5 Å². The molecule has 0 aliphatic rings. The van der Waals surface area contributed by atoms with Gasteiger partial charge in [0.2, 0.25) is 0 Å². The number of carboxylic acids is 1. The average Bonchev–Trinajstić information content (AvgIpc) is 2.81. The van der Waals surface area contributed by atoms with E-state index in [4.69, 9.17) is 9.52 Å². The number of carbonyl (C=O) groups is 2. The molecule has 0 radical (unpaired) electrons. The summed E-state index contributed by atoms with van der Waals surface area (Å²) in [6.45, 7) is 1.91. The highest BCUT2D eigenvalue weighted by Crippen LogP contribution is 2.17. The van der Waals surface area contributed by atoms with Crippen molar-refractivity contribution in [3.8, 4) is 0 Å². The fourth-order valence-electron chi connectivity index (χ4n) is 2.17. The number of hydrogen-bond acceptors (Lipinski definition) is 3. The van der Waals surface area contributed by atoms with E-state index in [2.05, 4.69) is 5.32 Å². The van der Waals surface area contributed by atoms with Crippen molar-refractivity contribution in [2.24, 2.45) is 0 Å². The minimum absolute atomic E-state index is 0.119. The van der Waals surface area contributed by atoms with Gasteiger partial charge >= 0.3 is 5.97 Å². The Labute approximate surface area is 126 Å². The summed E-state index contributed by atoms with van der Waals surface area (Å²) in [5.74, 6) is -1.69. The van der Waals surface area contributed by atoms with E-state index in [1.54, 1.807) is 25.1 Å². The number of hydrogen-bond donors (Lipinski definition) is 2. The van der Waals surface area contributed by atoms with Crippen molar-refractivity contribution < 1.29 is 23.5 Å². The van der Waals surface area contributed by atoms with E-state index in [9.17, 15) is 14.0 Å². The third kappa shape index (κ3) is 3.72. The third-order valence-electron chi connectivity index (χ3n) is 3.23. The van der Waals surface area contributed by atoms with Crippen LogP contribution in [0.4, 0.5) is 4.39 Å². The normalized spacial score (nSPS) is 10.5. The lowest BCUT2D eigenvalue weighted by Crippen LogP contribution is -2.27. The van der Waals surface area contributed by atoms with Crippen LogP contribution in [0.25, 0.3) is 0 Å². The van der Waals surface area contributed by atoms with E-state index in [1.165, 1.54) is 12.3 Å². The Hall–Kier alpha value is -2.63. The van der Waals surface area contributed by atoms with Gasteiger partial charge in [0, 0.05) is 12.1 Å². The van der Waals surface area contributed by atoms with E-state index < -0.39 is 11.9 Å². The van der Waals surface area contributed by atoms with Crippen LogP contribution in [0, 0.1) is 12.7 Å². The first kappa shape index (κ1) is 15.8. The molecule has 6 heteroatoms. The van der Waals surface area contributed by atoms with Crippen molar-refractivity contribution in [2.45, 2.75) is 19.8 Å². The number of amides is 1. The Bertz CT molecular complexity index is 693. The Morgan fingerprint density at radius 2 is 2.05 bits per heavy atom. The van der Waals surface area contributed by atoms with Crippen molar-refractivity contribution in [1.29, 1.82) is 0 Å². The van der Waals surface area contributed by atoms with Gasteiger partial charge in [0.25, 0.3) is 5.91 Å². The van der Waals surface area contributed by atoms with Gasteiger partial charge in [-0.05, 0) is 25.0 Å². The summed E-state index contributed by atoms with van der Waals surface area (Å²) in [6.07, 6.45) is 1.34. The minimum atomic E-state index is -1.07. The smallest absolute Gasteiger partial charge is 0.311 e. The van der Waals surface area contributed by atoms with Crippen LogP contribution >= 0.6 is 0 Å². The Morgan fingerprint density at radius 3 is 2.73 bits per heavy atom. The van der Waals surface area contributed by atoms with Gasteiger partial charge in [-0.2, -0.15) is 0 Å². The zero-order valence-electron chi connectivity index (χ0n) is 12.1. The second kappa shape index (κ2) is 6.89. The SMILES string of the molecule is Cc1coc(CC(=O)O)c1C(=O)NCCc1ccccc1F. The van der Waals surface area contributed by atoms with E-state index in [-0.39, 0.29) is 30.1 Å². The number of carboxylic acid groups (broad SMARTS) is 1. The highest BCUT2D eigenvalue weighted by Gasteiger charge is 2.20. The fraction of sp³-hybridized carbons (Fsp3) is 0.250. The van der Waals surface area contributed by atoms with E-state index in [0.717, 1.165) is 0 Å². The first-order chi connectivity index (χ1) is 10.5. The first-order valence-corrected chi connectivity index (χ1v) is 6.79. The summed E-state index contributed by atoms with van der Waals surface area (Å²) in [5, 5.41) is 11.5. The van der Waals surface area contributed by atoms with Gasteiger partial charge in [-0.1, -0.05) is 18.2 Å². The molecule has 1 aromatic heterocycles. The quantitative estimate of drug-likeness (QED) is 0.858. The first-order valence-electron chi connectivity index (χ1n) is 6.79. The lowest BCUT2D eigenvalue weighted by Gasteiger charge is -2.07. The molecule has 0 unspecified atom stereocenters. The zero-order chi connectivity index (χ0) is 16.1. The van der Waals surface area contributed by atoms with Crippen molar-refractivity contribution in [3.63, 3.8) is 0 Å². The number of aryl methyl sites for hydroxylation is 1. The fourth-order valence-corrected chi connectivity index (χ4v) is 2.17. The predicted molar refractivity (Wildman–Crippen MR) is 77.2 cm³/mol. The van der Waals surface area contributed by atoms with Crippen LogP contribution in [0.5, 0.6) is 0 Å². The summed E-state index contributed by atoms with van der Waals surface area (Å²) >= 11 is 0. The van der Waals surface area contributed by atoms with Crippen LogP contribution in [-0.4, -0.2) is 23.5 Å². The number of nitrogens with one attached hydrogen (secondary N) is 1. The minimum Gasteiger partial charge on any atom is -0.481 e. The van der Waals surface area contributed by atoms with Gasteiger partial charge in [0.05, 0.1) is 11.8 Å². The highest BCUT2D eigenvalue weighted by atomic mass is 19.1. The largest absolute Gasteiger partial charge is 0.481 e. The molecule has 0 aliphatic heterocycles. The number of halogens is 1. The predicted octanol–water partition coefficient (Wildman–Crippen LogP) is 2.33. The van der Waals surface area contributed by atoms with Gasteiger partial charge in [0.15, 0.2) is 0 Å². The molecule has 0 fully saturated rings. The maximum atomic E-state index is 13.5. The monoisotopic (exact) mass is 305 g/mol. The molecule has 2 rings (SSSR count). The molecule has 5 nitrogen and oxygen atoms in total. The maximum Gasteiger partial charge on any atom is 0.311 e. The van der Waals surface area contributed by atoms with Gasteiger partial charge < -0.3 is 14.8 Å². The van der Waals surface area contributed by atoms with Crippen LogP contribution in [0.3, 0.4) is 0 Å². The summed E-state index contributed by atoms with van der Waals surface area (Å²) in [5.41, 5.74) is 1.31. The van der Waals surface area contributed by atoms with E-state index in [1.807, 2.05) is 0 Å². The molecule has 1 aromatic carbocycles. The van der Waals surface area contributed by atoms with Gasteiger partial charge in [0.1, 0.15) is 18.0 Å². The molecular weight excluding hydrogens is 289 g/mol. The molecule has 2 aromatic rings.